The molecule has 0 atom stereocenters. The number of benzene rings is 2. The highest BCUT2D eigenvalue weighted by molar-refractivity contribution is 7.94. The molecule has 4 rings (SSSR count). The maximum absolute atomic E-state index is 12.6. The molecule has 1 saturated heterocycles. The number of aromatic nitrogens is 1. The normalized spacial score (nSPS) is 15.8. The van der Waals surface area contributed by atoms with Gasteiger partial charge in [0.1, 0.15) is 5.52 Å². The molecule has 0 spiro atoms. The zero-order chi connectivity index (χ0) is 17.2. The highest BCUT2D eigenvalue weighted by Crippen LogP contribution is 2.34. The molecule has 130 valence electrons. The number of fused-ring (bicyclic) bond motifs is 1. The lowest BCUT2D eigenvalue weighted by molar-refractivity contribution is 0.0854. The van der Waals surface area contributed by atoms with Crippen LogP contribution in [0.5, 0.6) is 0 Å². The Morgan fingerprint density at radius 3 is 2.60 bits per heavy atom. The topological polar surface area (TPSA) is 35.3 Å². The maximum Gasteiger partial charge on any atom is 0.192 e. The fraction of sp³-hybridized carbons (Fsp3) is 0.350. The van der Waals surface area contributed by atoms with Gasteiger partial charge < -0.3 is 9.15 Å². The van der Waals surface area contributed by atoms with E-state index >= 15 is 0 Å². The van der Waals surface area contributed by atoms with Crippen LogP contribution in [0.2, 0.25) is 0 Å². The van der Waals surface area contributed by atoms with Gasteiger partial charge in [0, 0.05) is 30.6 Å². The van der Waals surface area contributed by atoms with Gasteiger partial charge in [-0.1, -0.05) is 18.2 Å². The number of rotatable bonds is 4. The molecule has 2 aromatic carbocycles. The molecule has 1 aliphatic heterocycles. The molecule has 0 N–H and O–H groups in total. The third-order valence-electron chi connectivity index (χ3n) is 4.77. The summed E-state index contributed by atoms with van der Waals surface area (Å²) in [6.07, 6.45) is 2.83. The number of hydrogen-bond acceptors (Lipinski definition) is 4. The zero-order valence-corrected chi connectivity index (χ0v) is 14.9. The minimum Gasteiger partial charge on any atom is -0.441 e. The number of oxazole rings is 1. The smallest absolute Gasteiger partial charge is 0.192 e. The van der Waals surface area contributed by atoms with Crippen molar-refractivity contribution in [1.82, 2.24) is 4.98 Å². The van der Waals surface area contributed by atoms with E-state index in [1.54, 1.807) is 0 Å². The van der Waals surface area contributed by atoms with E-state index in [-0.39, 0.29) is 12.1 Å². The van der Waals surface area contributed by atoms with E-state index in [1.165, 1.54) is 11.1 Å². The van der Waals surface area contributed by atoms with E-state index in [4.69, 9.17) is 9.15 Å². The first-order valence-electron chi connectivity index (χ1n) is 8.58. The summed E-state index contributed by atoms with van der Waals surface area (Å²) in [6.45, 7) is 3.48. The van der Waals surface area contributed by atoms with Crippen LogP contribution in [0, 0.1) is 6.92 Å². The van der Waals surface area contributed by atoms with Gasteiger partial charge in [-0.3, -0.25) is 0 Å². The monoisotopic (exact) mass is 357 g/mol. The van der Waals surface area contributed by atoms with Gasteiger partial charge in [0.05, 0.1) is 12.1 Å². The van der Waals surface area contributed by atoms with Gasteiger partial charge in [0.2, 0.25) is 0 Å². The van der Waals surface area contributed by atoms with Gasteiger partial charge in [0.15, 0.2) is 11.5 Å². The minimum absolute atomic E-state index is 0.275. The van der Waals surface area contributed by atoms with Crippen LogP contribution in [-0.4, -0.2) is 18.2 Å². The predicted molar refractivity (Wildman–Crippen MR) is 97.8 cm³/mol. The van der Waals surface area contributed by atoms with Crippen LogP contribution >= 0.6 is 12.1 Å². The molecule has 0 aliphatic carbocycles. The van der Waals surface area contributed by atoms with Crippen molar-refractivity contribution < 1.29 is 13.0 Å². The summed E-state index contributed by atoms with van der Waals surface area (Å²) >= 11 is 0.275. The van der Waals surface area contributed by atoms with E-state index in [2.05, 4.69) is 17.1 Å². The van der Waals surface area contributed by atoms with Gasteiger partial charge in [-0.2, -0.15) is 3.89 Å². The molecule has 3 aromatic rings. The Hall–Kier alpha value is -1.85. The summed E-state index contributed by atoms with van der Waals surface area (Å²) in [7, 11) is 0. The summed E-state index contributed by atoms with van der Waals surface area (Å²) in [5.41, 5.74) is 5.45. The van der Waals surface area contributed by atoms with E-state index in [9.17, 15) is 3.89 Å². The summed E-state index contributed by atoms with van der Waals surface area (Å²) in [6, 6.07) is 12.0. The van der Waals surface area contributed by atoms with Crippen LogP contribution in [0.3, 0.4) is 0 Å². The van der Waals surface area contributed by atoms with Crippen molar-refractivity contribution in [2.75, 3.05) is 13.2 Å². The van der Waals surface area contributed by atoms with Gasteiger partial charge in [-0.25, -0.2) is 4.98 Å². The summed E-state index contributed by atoms with van der Waals surface area (Å²) < 4.78 is 24.0. The number of aryl methyl sites for hydroxylation is 1. The average Bonchev–Trinajstić information content (AvgIpc) is 3.02. The second-order valence-corrected chi connectivity index (χ2v) is 7.18. The number of ether oxygens (including phenoxy) is 1. The number of hydrogen-bond donors (Lipinski definition) is 0. The Balaban J connectivity index is 1.70. The van der Waals surface area contributed by atoms with Gasteiger partial charge in [-0.05, 0) is 54.5 Å². The lowest BCUT2D eigenvalue weighted by Crippen LogP contribution is -2.14. The van der Waals surface area contributed by atoms with Crippen LogP contribution in [0.1, 0.15) is 41.3 Å². The molecule has 0 radical (unpaired) electrons. The van der Waals surface area contributed by atoms with Gasteiger partial charge in [0.25, 0.3) is 0 Å². The fourth-order valence-corrected chi connectivity index (χ4v) is 3.78. The van der Waals surface area contributed by atoms with Crippen LogP contribution < -0.4 is 0 Å². The first-order valence-corrected chi connectivity index (χ1v) is 9.30. The standard InChI is InChI=1S/C20H20FNO2S/c1-13-22-19-12-15(10-14-2-4-17(25-21)5-3-14)11-18(20(19)24-13)16-6-8-23-9-7-16/h2-5,11-12,16H,6-10H2,1H3. The van der Waals surface area contributed by atoms with Crippen molar-refractivity contribution >= 4 is 23.2 Å². The molecule has 3 nitrogen and oxygen atoms in total. The second-order valence-electron chi connectivity index (χ2n) is 6.55. The largest absolute Gasteiger partial charge is 0.441 e. The highest BCUT2D eigenvalue weighted by Gasteiger charge is 2.21. The van der Waals surface area contributed by atoms with Crippen LogP contribution in [0.4, 0.5) is 3.89 Å². The van der Waals surface area contributed by atoms with Gasteiger partial charge in [-0.15, -0.1) is 0 Å². The van der Waals surface area contributed by atoms with Crippen LogP contribution in [0.25, 0.3) is 11.1 Å². The summed E-state index contributed by atoms with van der Waals surface area (Å²) in [5, 5.41) is 0. The SMILES string of the molecule is Cc1nc2cc(Cc3ccc(SF)cc3)cc(C3CCOCC3)c2o1. The molecule has 0 bridgehead atoms. The van der Waals surface area contributed by atoms with E-state index < -0.39 is 0 Å². The Labute approximate surface area is 150 Å². The Morgan fingerprint density at radius 2 is 1.88 bits per heavy atom. The quantitative estimate of drug-likeness (QED) is 0.609. The van der Waals surface area contributed by atoms with Crippen molar-refractivity contribution in [1.29, 1.82) is 0 Å². The first kappa shape index (κ1) is 16.6. The minimum atomic E-state index is 0.275. The number of halogens is 1. The Kier molecular flexibility index (Phi) is 4.77. The van der Waals surface area contributed by atoms with Crippen molar-refractivity contribution in [3.05, 3.63) is 59.0 Å². The second kappa shape index (κ2) is 7.18. The fourth-order valence-electron chi connectivity index (χ4n) is 3.54. The van der Waals surface area contributed by atoms with Crippen molar-refractivity contribution in [2.24, 2.45) is 0 Å². The van der Waals surface area contributed by atoms with E-state index in [0.717, 1.165) is 49.1 Å². The molecular weight excluding hydrogens is 337 g/mol. The first-order chi connectivity index (χ1) is 12.2. The van der Waals surface area contributed by atoms with Crippen molar-refractivity contribution in [3.8, 4) is 0 Å². The Morgan fingerprint density at radius 1 is 1.12 bits per heavy atom. The Bertz CT molecular complexity index is 869. The lowest BCUT2D eigenvalue weighted by Gasteiger charge is -2.23. The molecule has 1 aliphatic rings. The highest BCUT2D eigenvalue weighted by atomic mass is 32.2. The van der Waals surface area contributed by atoms with Gasteiger partial charge >= 0.3 is 0 Å². The predicted octanol–water partition coefficient (Wildman–Crippen LogP) is 5.60. The summed E-state index contributed by atoms with van der Waals surface area (Å²) in [4.78, 5) is 5.18. The molecule has 0 amide bonds. The van der Waals surface area contributed by atoms with E-state index in [1.807, 2.05) is 31.2 Å². The molecule has 0 saturated carbocycles. The van der Waals surface area contributed by atoms with Crippen molar-refractivity contribution in [3.63, 3.8) is 0 Å². The molecule has 1 aromatic heterocycles. The van der Waals surface area contributed by atoms with Crippen molar-refractivity contribution in [2.45, 2.75) is 37.0 Å². The average molecular weight is 357 g/mol. The van der Waals surface area contributed by atoms with Crippen LogP contribution in [-0.2, 0) is 11.2 Å². The lowest BCUT2D eigenvalue weighted by atomic mass is 9.89. The molecular formula is C20H20FNO2S. The maximum atomic E-state index is 12.6. The van der Waals surface area contributed by atoms with Crippen LogP contribution in [0.15, 0.2) is 45.7 Å². The zero-order valence-electron chi connectivity index (χ0n) is 14.1. The number of nitrogens with zero attached hydrogens (tertiary/aromatic N) is 1. The van der Waals surface area contributed by atoms with E-state index in [0.29, 0.717) is 16.7 Å². The molecule has 25 heavy (non-hydrogen) atoms. The molecule has 5 heteroatoms. The third kappa shape index (κ3) is 3.58. The third-order valence-corrected chi connectivity index (χ3v) is 5.22. The molecule has 0 unspecified atom stereocenters. The summed E-state index contributed by atoms with van der Waals surface area (Å²) in [5.74, 6) is 1.15. The molecule has 2 heterocycles. The molecule has 1 fully saturated rings.